The SMILES string of the molecule is CCCC1(Cl)C=CC=CC1(C#N)c1ccccc1. The van der Waals surface area contributed by atoms with Gasteiger partial charge in [-0.05, 0) is 12.0 Å². The highest BCUT2D eigenvalue weighted by molar-refractivity contribution is 6.27. The molecule has 0 aliphatic heterocycles. The molecule has 18 heavy (non-hydrogen) atoms. The van der Waals surface area contributed by atoms with Gasteiger partial charge in [0.2, 0.25) is 0 Å². The minimum Gasteiger partial charge on any atom is -0.197 e. The number of halogens is 1. The molecule has 2 rings (SSSR count). The number of benzene rings is 1. The minimum atomic E-state index is -0.777. The zero-order chi connectivity index (χ0) is 13.1. The summed E-state index contributed by atoms with van der Waals surface area (Å²) in [5.41, 5.74) is 0.178. The number of allylic oxidation sites excluding steroid dienone is 4. The second kappa shape index (κ2) is 5.00. The van der Waals surface area contributed by atoms with Gasteiger partial charge >= 0.3 is 0 Å². The fourth-order valence-electron chi connectivity index (χ4n) is 2.55. The van der Waals surface area contributed by atoms with Crippen molar-refractivity contribution < 1.29 is 0 Å². The van der Waals surface area contributed by atoms with E-state index in [1.54, 1.807) is 0 Å². The number of hydrogen-bond donors (Lipinski definition) is 0. The Balaban J connectivity index is 2.58. The van der Waals surface area contributed by atoms with Gasteiger partial charge in [-0.25, -0.2) is 0 Å². The van der Waals surface area contributed by atoms with E-state index < -0.39 is 10.3 Å². The van der Waals surface area contributed by atoms with Crippen molar-refractivity contribution in [1.29, 1.82) is 5.26 Å². The van der Waals surface area contributed by atoms with Gasteiger partial charge in [0.1, 0.15) is 5.41 Å². The minimum absolute atomic E-state index is 0.660. The van der Waals surface area contributed by atoms with E-state index in [-0.39, 0.29) is 0 Å². The van der Waals surface area contributed by atoms with Crippen LogP contribution in [0.25, 0.3) is 0 Å². The molecular formula is C16H16ClN. The van der Waals surface area contributed by atoms with Gasteiger partial charge in [-0.15, -0.1) is 11.6 Å². The molecule has 1 aromatic rings. The lowest BCUT2D eigenvalue weighted by Crippen LogP contribution is -2.45. The third-order valence-electron chi connectivity index (χ3n) is 3.49. The van der Waals surface area contributed by atoms with Crippen LogP contribution < -0.4 is 0 Å². The van der Waals surface area contributed by atoms with Crippen molar-refractivity contribution in [3.63, 3.8) is 0 Å². The van der Waals surface area contributed by atoms with E-state index in [0.717, 1.165) is 18.4 Å². The summed E-state index contributed by atoms with van der Waals surface area (Å²) in [6.45, 7) is 2.09. The van der Waals surface area contributed by atoms with Crippen LogP contribution in [-0.4, -0.2) is 4.87 Å². The van der Waals surface area contributed by atoms with E-state index in [2.05, 4.69) is 13.0 Å². The molecule has 0 amide bonds. The molecule has 0 saturated heterocycles. The Morgan fingerprint density at radius 1 is 1.17 bits per heavy atom. The molecule has 0 aromatic heterocycles. The summed E-state index contributed by atoms with van der Waals surface area (Å²) in [5.74, 6) is 0. The normalized spacial score (nSPS) is 30.1. The Morgan fingerprint density at radius 3 is 2.44 bits per heavy atom. The van der Waals surface area contributed by atoms with Crippen LogP contribution in [0.4, 0.5) is 0 Å². The Kier molecular flexibility index (Phi) is 3.59. The monoisotopic (exact) mass is 257 g/mol. The molecule has 0 radical (unpaired) electrons. The van der Waals surface area contributed by atoms with Crippen LogP contribution in [-0.2, 0) is 5.41 Å². The van der Waals surface area contributed by atoms with E-state index in [1.165, 1.54) is 0 Å². The van der Waals surface area contributed by atoms with E-state index in [9.17, 15) is 5.26 Å². The summed E-state index contributed by atoms with van der Waals surface area (Å²) in [5, 5.41) is 9.74. The Bertz CT molecular complexity index is 512. The Morgan fingerprint density at radius 2 is 1.83 bits per heavy atom. The first-order valence-corrected chi connectivity index (χ1v) is 6.59. The van der Waals surface area contributed by atoms with Crippen LogP contribution in [0.2, 0.25) is 0 Å². The van der Waals surface area contributed by atoms with Gasteiger partial charge in [-0.2, -0.15) is 5.26 Å². The molecule has 0 spiro atoms. The van der Waals surface area contributed by atoms with Crippen molar-refractivity contribution >= 4 is 11.6 Å². The summed E-state index contributed by atoms with van der Waals surface area (Å²) in [7, 11) is 0. The van der Waals surface area contributed by atoms with E-state index in [1.807, 2.05) is 54.6 Å². The molecule has 2 heteroatoms. The fourth-order valence-corrected chi connectivity index (χ4v) is 3.03. The van der Waals surface area contributed by atoms with E-state index >= 15 is 0 Å². The van der Waals surface area contributed by atoms with Crippen LogP contribution >= 0.6 is 11.6 Å². The van der Waals surface area contributed by atoms with E-state index in [0.29, 0.717) is 0 Å². The van der Waals surface area contributed by atoms with Crippen LogP contribution in [0.3, 0.4) is 0 Å². The maximum atomic E-state index is 9.74. The summed E-state index contributed by atoms with van der Waals surface area (Å²) in [6, 6.07) is 12.2. The first-order chi connectivity index (χ1) is 8.68. The lowest BCUT2D eigenvalue weighted by molar-refractivity contribution is 0.480. The molecule has 0 saturated carbocycles. The molecule has 92 valence electrons. The van der Waals surface area contributed by atoms with Crippen LogP contribution in [0.1, 0.15) is 25.3 Å². The van der Waals surface area contributed by atoms with Crippen LogP contribution in [0.15, 0.2) is 54.6 Å². The molecule has 1 aliphatic rings. The molecule has 0 N–H and O–H groups in total. The van der Waals surface area contributed by atoms with Crippen molar-refractivity contribution in [2.45, 2.75) is 30.1 Å². The zero-order valence-electron chi connectivity index (χ0n) is 10.4. The molecule has 1 nitrogen and oxygen atoms in total. The Labute approximate surface area is 113 Å². The zero-order valence-corrected chi connectivity index (χ0v) is 11.2. The van der Waals surface area contributed by atoms with Crippen molar-refractivity contribution in [3.8, 4) is 6.07 Å². The Hall–Kier alpha value is -1.52. The van der Waals surface area contributed by atoms with Crippen molar-refractivity contribution in [3.05, 3.63) is 60.2 Å². The van der Waals surface area contributed by atoms with Gasteiger partial charge in [-0.1, -0.05) is 68.0 Å². The predicted octanol–water partition coefficient (Wildman–Crippen LogP) is 4.35. The maximum absolute atomic E-state index is 9.74. The molecule has 2 unspecified atom stereocenters. The number of nitriles is 1. The van der Waals surface area contributed by atoms with Gasteiger partial charge < -0.3 is 0 Å². The van der Waals surface area contributed by atoms with Crippen LogP contribution in [0.5, 0.6) is 0 Å². The highest BCUT2D eigenvalue weighted by atomic mass is 35.5. The van der Waals surface area contributed by atoms with Gasteiger partial charge in [0.05, 0.1) is 10.9 Å². The molecular weight excluding hydrogens is 242 g/mol. The summed E-state index contributed by atoms with van der Waals surface area (Å²) >= 11 is 6.77. The predicted molar refractivity (Wildman–Crippen MR) is 75.5 cm³/mol. The first kappa shape index (κ1) is 12.9. The van der Waals surface area contributed by atoms with Crippen molar-refractivity contribution in [2.24, 2.45) is 0 Å². The molecule has 0 bridgehead atoms. The topological polar surface area (TPSA) is 23.8 Å². The van der Waals surface area contributed by atoms with Gasteiger partial charge in [0.15, 0.2) is 0 Å². The van der Waals surface area contributed by atoms with Crippen LogP contribution in [0, 0.1) is 11.3 Å². The number of alkyl halides is 1. The second-order valence-electron chi connectivity index (χ2n) is 4.62. The maximum Gasteiger partial charge on any atom is 0.123 e. The third-order valence-corrected chi connectivity index (χ3v) is 4.11. The van der Waals surface area contributed by atoms with Crippen molar-refractivity contribution in [1.82, 2.24) is 0 Å². The number of hydrogen-bond acceptors (Lipinski definition) is 1. The van der Waals surface area contributed by atoms with E-state index in [4.69, 9.17) is 11.6 Å². The molecule has 2 atom stereocenters. The van der Waals surface area contributed by atoms with Gasteiger partial charge in [-0.3, -0.25) is 0 Å². The molecule has 0 fully saturated rings. The standard InChI is InChI=1S/C16H16ClN/c1-2-10-16(17)12-7-6-11-15(16,13-18)14-8-4-3-5-9-14/h3-9,11-12H,2,10H2,1H3. The molecule has 1 aromatic carbocycles. The lowest BCUT2D eigenvalue weighted by atomic mass is 9.67. The number of nitrogens with zero attached hydrogens (tertiary/aromatic N) is 1. The lowest BCUT2D eigenvalue weighted by Gasteiger charge is -2.40. The molecule has 1 aliphatic carbocycles. The largest absolute Gasteiger partial charge is 0.197 e. The van der Waals surface area contributed by atoms with Gasteiger partial charge in [0, 0.05) is 0 Å². The second-order valence-corrected chi connectivity index (χ2v) is 5.29. The number of rotatable bonds is 3. The average Bonchev–Trinajstić information content (AvgIpc) is 2.41. The summed E-state index contributed by atoms with van der Waals surface area (Å²) in [4.78, 5) is -0.660. The quantitative estimate of drug-likeness (QED) is 0.739. The highest BCUT2D eigenvalue weighted by Crippen LogP contribution is 2.47. The highest BCUT2D eigenvalue weighted by Gasteiger charge is 2.49. The molecule has 0 heterocycles. The van der Waals surface area contributed by atoms with Crippen molar-refractivity contribution in [2.75, 3.05) is 0 Å². The smallest absolute Gasteiger partial charge is 0.123 e. The average molecular weight is 258 g/mol. The first-order valence-electron chi connectivity index (χ1n) is 6.21. The van der Waals surface area contributed by atoms with Gasteiger partial charge in [0.25, 0.3) is 0 Å². The fraction of sp³-hybridized carbons (Fsp3) is 0.312. The summed E-state index contributed by atoms with van der Waals surface area (Å²) in [6.07, 6.45) is 9.43. The summed E-state index contributed by atoms with van der Waals surface area (Å²) < 4.78 is 0. The third kappa shape index (κ3) is 1.87.